The van der Waals surface area contributed by atoms with E-state index in [2.05, 4.69) is 10.2 Å². The summed E-state index contributed by atoms with van der Waals surface area (Å²) in [6, 6.07) is 13.6. The lowest BCUT2D eigenvalue weighted by molar-refractivity contribution is -0.144. The second kappa shape index (κ2) is 8.61. The molecule has 1 amide bonds. The largest absolute Gasteiger partial charge is 0.497 e. The monoisotopic (exact) mass is 394 g/mol. The molecule has 2 unspecified atom stereocenters. The van der Waals surface area contributed by atoms with E-state index in [9.17, 15) is 4.79 Å². The first-order chi connectivity index (χ1) is 14.2. The lowest BCUT2D eigenvalue weighted by Crippen LogP contribution is -2.44. The molecule has 7 heteroatoms. The highest BCUT2D eigenvalue weighted by Gasteiger charge is 2.30. The minimum atomic E-state index is -0.505. The van der Waals surface area contributed by atoms with Crippen LogP contribution >= 0.6 is 0 Å². The van der Waals surface area contributed by atoms with Gasteiger partial charge in [0, 0.05) is 25.2 Å². The molecule has 1 aromatic carbocycles. The molecular formula is C22H26N4O3. The summed E-state index contributed by atoms with van der Waals surface area (Å²) in [5.74, 6) is 1.90. The highest BCUT2D eigenvalue weighted by Crippen LogP contribution is 2.26. The summed E-state index contributed by atoms with van der Waals surface area (Å²) in [7, 11) is 1.64. The van der Waals surface area contributed by atoms with Crippen molar-refractivity contribution in [1.29, 1.82) is 0 Å². The Morgan fingerprint density at radius 3 is 3.00 bits per heavy atom. The summed E-state index contributed by atoms with van der Waals surface area (Å²) in [6.07, 6.45) is 3.42. The van der Waals surface area contributed by atoms with Crippen molar-refractivity contribution in [1.82, 2.24) is 19.5 Å². The molecule has 1 fully saturated rings. The van der Waals surface area contributed by atoms with Crippen LogP contribution in [-0.4, -0.2) is 51.7 Å². The van der Waals surface area contributed by atoms with Gasteiger partial charge in [-0.15, -0.1) is 10.2 Å². The fraction of sp³-hybridized carbons (Fsp3) is 0.409. The van der Waals surface area contributed by atoms with Gasteiger partial charge in [0.05, 0.1) is 13.7 Å². The number of rotatable bonds is 6. The number of ether oxygens (including phenoxy) is 2. The smallest absolute Gasteiger partial charge is 0.251 e. The number of amides is 1. The first-order valence-corrected chi connectivity index (χ1v) is 9.98. The van der Waals surface area contributed by atoms with Crippen molar-refractivity contribution in [3.05, 3.63) is 60.0 Å². The van der Waals surface area contributed by atoms with E-state index in [-0.39, 0.29) is 11.8 Å². The van der Waals surface area contributed by atoms with Crippen molar-refractivity contribution in [2.45, 2.75) is 38.4 Å². The van der Waals surface area contributed by atoms with Gasteiger partial charge in [-0.25, -0.2) is 0 Å². The Bertz CT molecular complexity index is 987. The Hall–Kier alpha value is -2.93. The third kappa shape index (κ3) is 4.24. The molecule has 0 bridgehead atoms. The first kappa shape index (κ1) is 19.4. The molecule has 2 aromatic heterocycles. The van der Waals surface area contributed by atoms with Crippen LogP contribution < -0.4 is 4.74 Å². The molecule has 29 heavy (non-hydrogen) atoms. The highest BCUT2D eigenvalue weighted by atomic mass is 16.5. The van der Waals surface area contributed by atoms with Gasteiger partial charge >= 0.3 is 0 Å². The van der Waals surface area contributed by atoms with E-state index >= 15 is 0 Å². The summed E-state index contributed by atoms with van der Waals surface area (Å²) >= 11 is 0. The Kier molecular flexibility index (Phi) is 5.76. The normalized spacial score (nSPS) is 18.0. The van der Waals surface area contributed by atoms with Gasteiger partial charge in [-0.2, -0.15) is 0 Å². The number of nitrogens with zero attached hydrogens (tertiary/aromatic N) is 4. The van der Waals surface area contributed by atoms with E-state index in [4.69, 9.17) is 9.47 Å². The van der Waals surface area contributed by atoms with Gasteiger partial charge in [0.25, 0.3) is 5.91 Å². The van der Waals surface area contributed by atoms with E-state index in [1.165, 1.54) is 0 Å². The lowest BCUT2D eigenvalue weighted by Gasteiger charge is -2.33. The van der Waals surface area contributed by atoms with Gasteiger partial charge in [0.1, 0.15) is 17.7 Å². The summed E-state index contributed by atoms with van der Waals surface area (Å²) < 4.78 is 13.1. The molecule has 1 aliphatic heterocycles. The molecule has 0 aliphatic carbocycles. The Balaban J connectivity index is 1.39. The maximum absolute atomic E-state index is 13.0. The van der Waals surface area contributed by atoms with Gasteiger partial charge < -0.3 is 14.4 Å². The Morgan fingerprint density at radius 2 is 2.14 bits per heavy atom. The van der Waals surface area contributed by atoms with Crippen molar-refractivity contribution in [3.63, 3.8) is 0 Å². The number of fused-ring (bicyclic) bond motifs is 1. The molecule has 4 rings (SSSR count). The van der Waals surface area contributed by atoms with Crippen LogP contribution in [-0.2, 0) is 16.1 Å². The number of hydrogen-bond donors (Lipinski definition) is 0. The third-order valence-corrected chi connectivity index (χ3v) is 5.42. The molecular weight excluding hydrogens is 368 g/mol. The fourth-order valence-electron chi connectivity index (χ4n) is 3.84. The molecule has 3 heterocycles. The van der Waals surface area contributed by atoms with Crippen LogP contribution in [0.5, 0.6) is 5.75 Å². The van der Waals surface area contributed by atoms with Crippen LogP contribution in [0.4, 0.5) is 0 Å². The predicted octanol–water partition coefficient (Wildman–Crippen LogP) is 3.05. The van der Waals surface area contributed by atoms with Crippen molar-refractivity contribution in [2.24, 2.45) is 0 Å². The second-order valence-corrected chi connectivity index (χ2v) is 7.42. The third-order valence-electron chi connectivity index (χ3n) is 5.42. The van der Waals surface area contributed by atoms with E-state index < -0.39 is 6.10 Å². The highest BCUT2D eigenvalue weighted by molar-refractivity contribution is 5.80. The summed E-state index contributed by atoms with van der Waals surface area (Å²) in [6.45, 7) is 3.58. The predicted molar refractivity (Wildman–Crippen MR) is 109 cm³/mol. The van der Waals surface area contributed by atoms with Crippen LogP contribution in [0, 0.1) is 0 Å². The van der Waals surface area contributed by atoms with Crippen LogP contribution in [0.3, 0.4) is 0 Å². The van der Waals surface area contributed by atoms with Crippen LogP contribution in [0.1, 0.15) is 37.1 Å². The molecule has 152 valence electrons. The number of likely N-dealkylation sites (tertiary alicyclic amines) is 1. The molecule has 2 atom stereocenters. The zero-order valence-corrected chi connectivity index (χ0v) is 16.8. The average molecular weight is 394 g/mol. The summed E-state index contributed by atoms with van der Waals surface area (Å²) in [5, 5.41) is 8.63. The Morgan fingerprint density at radius 1 is 1.24 bits per heavy atom. The van der Waals surface area contributed by atoms with Crippen LogP contribution in [0.15, 0.2) is 48.7 Å². The van der Waals surface area contributed by atoms with Gasteiger partial charge in [0.2, 0.25) is 0 Å². The van der Waals surface area contributed by atoms with Crippen molar-refractivity contribution >= 4 is 11.6 Å². The van der Waals surface area contributed by atoms with Crippen molar-refractivity contribution in [3.8, 4) is 5.75 Å². The number of carbonyl (C=O) groups excluding carboxylic acids is 1. The number of aromatic nitrogens is 3. The number of pyridine rings is 1. The fourth-order valence-corrected chi connectivity index (χ4v) is 3.84. The first-order valence-electron chi connectivity index (χ1n) is 9.98. The number of carbonyl (C=O) groups is 1. The van der Waals surface area contributed by atoms with Gasteiger partial charge in [-0.3, -0.25) is 9.20 Å². The summed E-state index contributed by atoms with van der Waals surface area (Å²) in [4.78, 5) is 14.9. The second-order valence-electron chi connectivity index (χ2n) is 7.42. The summed E-state index contributed by atoms with van der Waals surface area (Å²) in [5.41, 5.74) is 1.82. The number of piperidine rings is 1. The Labute approximate surface area is 170 Å². The quantitative estimate of drug-likeness (QED) is 0.643. The maximum Gasteiger partial charge on any atom is 0.251 e. The van der Waals surface area contributed by atoms with E-state index in [1.54, 1.807) is 7.11 Å². The zero-order valence-electron chi connectivity index (χ0n) is 16.8. The SMILES string of the molecule is COc1cccc(COC(C)C(=O)N2CCCC(c3nnc4ccccn34)C2)c1. The minimum absolute atomic E-state index is 0.0198. The van der Waals surface area contributed by atoms with E-state index in [1.807, 2.05) is 64.9 Å². The van der Waals surface area contributed by atoms with Crippen molar-refractivity contribution in [2.75, 3.05) is 20.2 Å². The maximum atomic E-state index is 13.0. The molecule has 0 spiro atoms. The molecule has 7 nitrogen and oxygen atoms in total. The number of benzene rings is 1. The molecule has 0 saturated carbocycles. The van der Waals surface area contributed by atoms with Crippen LogP contribution in [0.2, 0.25) is 0 Å². The molecule has 3 aromatic rings. The molecule has 1 saturated heterocycles. The average Bonchev–Trinajstić information content (AvgIpc) is 3.21. The molecule has 0 N–H and O–H groups in total. The zero-order chi connectivity index (χ0) is 20.2. The minimum Gasteiger partial charge on any atom is -0.497 e. The number of methoxy groups -OCH3 is 1. The topological polar surface area (TPSA) is 69.0 Å². The van der Waals surface area contributed by atoms with Gasteiger partial charge in [-0.05, 0) is 49.6 Å². The molecule has 0 radical (unpaired) electrons. The van der Waals surface area contributed by atoms with Crippen LogP contribution in [0.25, 0.3) is 5.65 Å². The standard InChI is InChI=1S/C22H26N4O3/c1-16(29-15-17-7-5-9-19(13-17)28-2)22(27)25-11-6-8-18(14-25)21-24-23-20-10-3-4-12-26(20)21/h3-5,7,9-10,12-13,16,18H,6,8,11,14-15H2,1-2H3. The van der Waals surface area contributed by atoms with E-state index in [0.717, 1.165) is 42.2 Å². The van der Waals surface area contributed by atoms with Crippen molar-refractivity contribution < 1.29 is 14.3 Å². The number of hydrogen-bond acceptors (Lipinski definition) is 5. The lowest BCUT2D eigenvalue weighted by atomic mass is 9.97. The molecule has 1 aliphatic rings. The van der Waals surface area contributed by atoms with Gasteiger partial charge in [0.15, 0.2) is 5.65 Å². The van der Waals surface area contributed by atoms with Gasteiger partial charge in [-0.1, -0.05) is 18.2 Å². The van der Waals surface area contributed by atoms with E-state index in [0.29, 0.717) is 13.2 Å².